The van der Waals surface area contributed by atoms with Crippen molar-refractivity contribution < 1.29 is 24.4 Å². The molecule has 14 heteroatoms. The highest BCUT2D eigenvalue weighted by atomic mass is 79.9. The molecule has 0 radical (unpaired) electrons. The Balaban J connectivity index is 1.55. The van der Waals surface area contributed by atoms with Crippen LogP contribution in [0.2, 0.25) is 10.0 Å². The van der Waals surface area contributed by atoms with Crippen LogP contribution in [0, 0.1) is 12.7 Å². The average molecular weight is 614 g/mol. The molecule has 3 N–H and O–H groups in total. The Labute approximate surface area is 228 Å². The molecule has 4 aromatic rings. The van der Waals surface area contributed by atoms with Crippen LogP contribution in [0.15, 0.2) is 47.1 Å². The zero-order valence-corrected chi connectivity index (χ0v) is 22.2. The number of benzene rings is 2. The highest BCUT2D eigenvalue weighted by Crippen LogP contribution is 2.39. The van der Waals surface area contributed by atoms with Crippen molar-refractivity contribution in [1.29, 1.82) is 0 Å². The molecule has 1 aliphatic heterocycles. The molecule has 0 spiro atoms. The van der Waals surface area contributed by atoms with Crippen molar-refractivity contribution in [1.82, 2.24) is 29.8 Å². The van der Waals surface area contributed by atoms with Crippen molar-refractivity contribution in [2.45, 2.75) is 37.4 Å². The Morgan fingerprint density at radius 3 is 2.65 bits per heavy atom. The lowest BCUT2D eigenvalue weighted by molar-refractivity contribution is -0.210. The summed E-state index contributed by atoms with van der Waals surface area (Å²) >= 11 is 15.5. The monoisotopic (exact) mass is 612 g/mol. The molecule has 0 unspecified atom stereocenters. The van der Waals surface area contributed by atoms with Gasteiger partial charge in [0.1, 0.15) is 47.8 Å². The van der Waals surface area contributed by atoms with Gasteiger partial charge in [0.2, 0.25) is 0 Å². The minimum atomic E-state index is -1.39. The summed E-state index contributed by atoms with van der Waals surface area (Å²) < 4.78 is 23.3. The van der Waals surface area contributed by atoms with Crippen LogP contribution in [-0.4, -0.2) is 70.0 Å². The van der Waals surface area contributed by atoms with E-state index >= 15 is 0 Å². The molecule has 2 aromatic carbocycles. The number of halogens is 4. The van der Waals surface area contributed by atoms with Gasteiger partial charge in [0.05, 0.1) is 23.5 Å². The Morgan fingerprint density at radius 1 is 1.14 bits per heavy atom. The normalized spacial score (nSPS) is 23.9. The minimum absolute atomic E-state index is 0.0363. The van der Waals surface area contributed by atoms with Crippen LogP contribution in [0.3, 0.4) is 0 Å². The topological polar surface area (TPSA) is 131 Å². The molecule has 2 aromatic heterocycles. The second-order valence-electron chi connectivity index (χ2n) is 8.49. The van der Waals surface area contributed by atoms with Crippen LogP contribution in [0.5, 0.6) is 0 Å². The highest BCUT2D eigenvalue weighted by Gasteiger charge is 2.48. The fourth-order valence-electron chi connectivity index (χ4n) is 4.28. The number of aryl methyl sites for hydroxylation is 1. The second-order valence-corrected chi connectivity index (χ2v) is 10.2. The van der Waals surface area contributed by atoms with Gasteiger partial charge in [-0.05, 0) is 53.2 Å². The molecule has 194 valence electrons. The number of rotatable bonds is 5. The fourth-order valence-corrected chi connectivity index (χ4v) is 4.98. The van der Waals surface area contributed by atoms with Crippen molar-refractivity contribution in [3.63, 3.8) is 0 Å². The van der Waals surface area contributed by atoms with Crippen molar-refractivity contribution >= 4 is 39.1 Å². The smallest absolute Gasteiger partial charge is 0.164 e. The first-order valence-corrected chi connectivity index (χ1v) is 12.6. The standard InChI is InChI=1S/C23H20BrCl2FN6O4/c1-10-28-23(33(30-10)17-7-12(25)3-4-13(17)24)22-21(36)19(20(35)18(9-34)37-22)32-8-16(29-31-32)11-2-5-14(26)15(27)6-11/h2-8,18-22,34-36H,9H2,1H3/t18-,19+,20+,21-,22-/m1/s1. The largest absolute Gasteiger partial charge is 0.394 e. The molecule has 37 heavy (non-hydrogen) atoms. The van der Waals surface area contributed by atoms with Gasteiger partial charge in [-0.3, -0.25) is 0 Å². The fraction of sp³-hybridized carbons (Fsp3) is 0.304. The maximum Gasteiger partial charge on any atom is 0.164 e. The third kappa shape index (κ3) is 4.90. The SMILES string of the molecule is Cc1nc([C@@H]2O[C@H](CO)[C@H](O)[C@H](n3cc(-c4ccc(Cl)c(F)c4)nn3)[C@H]2O)n(-c2cc(Cl)ccc2Br)n1. The maximum atomic E-state index is 14.0. The maximum absolute atomic E-state index is 14.0. The van der Waals surface area contributed by atoms with E-state index in [0.717, 1.165) is 0 Å². The summed E-state index contributed by atoms with van der Waals surface area (Å²) in [6.45, 7) is 1.14. The summed E-state index contributed by atoms with van der Waals surface area (Å²) in [6.07, 6.45) is -3.51. The molecule has 10 nitrogen and oxygen atoms in total. The summed E-state index contributed by atoms with van der Waals surface area (Å²) in [5.74, 6) is -0.000672. The summed E-state index contributed by atoms with van der Waals surface area (Å²) in [4.78, 5) is 4.46. The lowest BCUT2D eigenvalue weighted by Gasteiger charge is -2.41. The molecule has 1 aliphatic rings. The van der Waals surface area contributed by atoms with Gasteiger partial charge >= 0.3 is 0 Å². The summed E-state index contributed by atoms with van der Waals surface area (Å²) in [6, 6.07) is 8.20. The molecule has 5 rings (SSSR count). The highest BCUT2D eigenvalue weighted by molar-refractivity contribution is 9.10. The number of aliphatic hydroxyl groups is 3. The lowest BCUT2D eigenvalue weighted by Crippen LogP contribution is -2.53. The van der Waals surface area contributed by atoms with Crippen molar-refractivity contribution in [3.05, 3.63) is 74.6 Å². The van der Waals surface area contributed by atoms with Crippen LogP contribution in [0.25, 0.3) is 16.9 Å². The third-order valence-electron chi connectivity index (χ3n) is 6.05. The summed E-state index contributed by atoms with van der Waals surface area (Å²) in [5, 5.41) is 45.3. The van der Waals surface area contributed by atoms with Crippen molar-refractivity contribution in [2.24, 2.45) is 0 Å². The van der Waals surface area contributed by atoms with Crippen LogP contribution >= 0.6 is 39.1 Å². The Hall–Kier alpha value is -2.45. The van der Waals surface area contributed by atoms with Gasteiger partial charge in [-0.15, -0.1) is 5.10 Å². The molecule has 1 fully saturated rings. The van der Waals surface area contributed by atoms with Crippen LogP contribution in [-0.2, 0) is 4.74 Å². The number of nitrogens with zero attached hydrogens (tertiary/aromatic N) is 6. The van der Waals surface area contributed by atoms with Gasteiger partial charge in [-0.2, -0.15) is 5.10 Å². The van der Waals surface area contributed by atoms with E-state index in [2.05, 4.69) is 36.3 Å². The molecular formula is C23H20BrCl2FN6O4. The van der Waals surface area contributed by atoms with Crippen LogP contribution < -0.4 is 0 Å². The molecule has 0 aliphatic carbocycles. The van der Waals surface area contributed by atoms with E-state index in [1.807, 2.05) is 0 Å². The first-order chi connectivity index (χ1) is 17.7. The van der Waals surface area contributed by atoms with E-state index < -0.39 is 42.9 Å². The van der Waals surface area contributed by atoms with Crippen molar-refractivity contribution in [2.75, 3.05) is 6.61 Å². The zero-order chi connectivity index (χ0) is 26.4. The second kappa shape index (κ2) is 10.4. The number of ether oxygens (including phenoxy) is 1. The minimum Gasteiger partial charge on any atom is -0.394 e. The van der Waals surface area contributed by atoms with E-state index in [1.165, 1.54) is 27.7 Å². The van der Waals surface area contributed by atoms with E-state index in [1.54, 1.807) is 31.2 Å². The molecule has 0 amide bonds. The van der Waals surface area contributed by atoms with Gasteiger partial charge < -0.3 is 20.1 Å². The number of hydrogen-bond donors (Lipinski definition) is 3. The Morgan fingerprint density at radius 2 is 1.92 bits per heavy atom. The molecule has 0 saturated carbocycles. The predicted octanol–water partition coefficient (Wildman–Crippen LogP) is 3.44. The van der Waals surface area contributed by atoms with Gasteiger partial charge in [-0.25, -0.2) is 18.7 Å². The molecule has 3 heterocycles. The number of aliphatic hydroxyl groups excluding tert-OH is 3. The van der Waals surface area contributed by atoms with Gasteiger partial charge in [-0.1, -0.05) is 34.5 Å². The van der Waals surface area contributed by atoms with Gasteiger partial charge in [0.25, 0.3) is 0 Å². The first-order valence-electron chi connectivity index (χ1n) is 11.1. The van der Waals surface area contributed by atoms with Crippen LogP contribution in [0.4, 0.5) is 4.39 Å². The van der Waals surface area contributed by atoms with E-state index in [4.69, 9.17) is 27.9 Å². The molecule has 1 saturated heterocycles. The summed E-state index contributed by atoms with van der Waals surface area (Å²) in [7, 11) is 0. The molecule has 0 bridgehead atoms. The molecular weight excluding hydrogens is 594 g/mol. The van der Waals surface area contributed by atoms with Crippen molar-refractivity contribution in [3.8, 4) is 16.9 Å². The first kappa shape index (κ1) is 26.2. The number of hydrogen-bond acceptors (Lipinski definition) is 8. The summed E-state index contributed by atoms with van der Waals surface area (Å²) in [5.41, 5.74) is 1.25. The Kier molecular flexibility index (Phi) is 7.33. The van der Waals surface area contributed by atoms with Gasteiger partial charge in [0.15, 0.2) is 5.82 Å². The van der Waals surface area contributed by atoms with E-state index in [9.17, 15) is 19.7 Å². The van der Waals surface area contributed by atoms with Crippen LogP contribution in [0.1, 0.15) is 23.8 Å². The quantitative estimate of drug-likeness (QED) is 0.312. The van der Waals surface area contributed by atoms with E-state index in [-0.39, 0.29) is 10.8 Å². The zero-order valence-electron chi connectivity index (χ0n) is 19.1. The number of aromatic nitrogens is 6. The average Bonchev–Trinajstić information content (AvgIpc) is 3.50. The van der Waals surface area contributed by atoms with E-state index in [0.29, 0.717) is 32.3 Å². The third-order valence-corrected chi connectivity index (χ3v) is 7.26. The lowest BCUT2D eigenvalue weighted by atomic mass is 9.92. The van der Waals surface area contributed by atoms with Gasteiger partial charge in [0, 0.05) is 15.1 Å². The Bertz CT molecular complexity index is 1450. The molecule has 5 atom stereocenters. The predicted molar refractivity (Wildman–Crippen MR) is 135 cm³/mol.